The Morgan fingerprint density at radius 1 is 1.02 bits per heavy atom. The van der Waals surface area contributed by atoms with Gasteiger partial charge in [-0.1, -0.05) is 13.8 Å². The summed E-state index contributed by atoms with van der Waals surface area (Å²) in [6.07, 6.45) is -13.4. The van der Waals surface area contributed by atoms with Gasteiger partial charge in [-0.2, -0.15) is 0 Å². The van der Waals surface area contributed by atoms with Gasteiger partial charge in [0.1, 0.15) is 30.5 Å². The lowest BCUT2D eigenvalue weighted by atomic mass is 9.82. The second-order valence-electron chi connectivity index (χ2n) is 13.5. The normalized spacial score (nSPS) is 41.4. The maximum Gasteiger partial charge on any atom is 0.251 e. The Morgan fingerprint density at radius 3 is 2.32 bits per heavy atom. The molecule has 16 N–H and O–H groups in total. The summed E-state index contributed by atoms with van der Waals surface area (Å²) in [5, 5.41) is 88.0. The summed E-state index contributed by atoms with van der Waals surface area (Å²) >= 11 is 0. The Morgan fingerprint density at radius 2 is 1.68 bits per heavy atom. The first-order chi connectivity index (χ1) is 22.0. The second-order valence-corrected chi connectivity index (χ2v) is 13.5. The number of hydrogen-bond acceptors (Lipinski definition) is 17. The molecule has 3 rings (SSSR count). The Kier molecular flexibility index (Phi) is 15.1. The number of carbonyl (C=O) groups is 1. The van der Waals surface area contributed by atoms with E-state index in [0.717, 1.165) is 0 Å². The van der Waals surface area contributed by atoms with Crippen LogP contribution < -0.4 is 27.8 Å². The van der Waals surface area contributed by atoms with E-state index in [9.17, 15) is 40.5 Å². The van der Waals surface area contributed by atoms with Gasteiger partial charge in [0.2, 0.25) is 0 Å². The first-order valence-electron chi connectivity index (χ1n) is 16.2. The lowest BCUT2D eigenvalue weighted by Gasteiger charge is -2.48. The molecule has 0 aromatic rings. The van der Waals surface area contributed by atoms with Crippen LogP contribution in [0.3, 0.4) is 0 Å². The molecule has 0 aromatic heterocycles. The van der Waals surface area contributed by atoms with Gasteiger partial charge in [0.05, 0.1) is 49.2 Å². The van der Waals surface area contributed by atoms with Crippen molar-refractivity contribution < 1.29 is 64.6 Å². The van der Waals surface area contributed by atoms with Crippen molar-refractivity contribution in [1.82, 2.24) is 10.6 Å². The van der Waals surface area contributed by atoms with E-state index in [4.69, 9.17) is 41.3 Å². The molecular formula is C29H57N5O13. The van der Waals surface area contributed by atoms with E-state index in [1.807, 2.05) is 0 Å². The molecule has 2 aliphatic heterocycles. The fraction of sp³-hybridized carbons (Fsp3) is 0.966. The van der Waals surface area contributed by atoms with Crippen molar-refractivity contribution in [2.45, 2.75) is 131 Å². The molecule has 8 unspecified atom stereocenters. The third-order valence-corrected chi connectivity index (χ3v) is 9.65. The van der Waals surface area contributed by atoms with Crippen LogP contribution in [-0.2, 0) is 23.7 Å². The van der Waals surface area contributed by atoms with Gasteiger partial charge in [-0.3, -0.25) is 4.79 Å². The fourth-order valence-corrected chi connectivity index (χ4v) is 5.97. The summed E-state index contributed by atoms with van der Waals surface area (Å²) < 4.78 is 23.9. The van der Waals surface area contributed by atoms with Crippen molar-refractivity contribution in [3.8, 4) is 0 Å². The molecule has 1 aliphatic carbocycles. The van der Waals surface area contributed by atoms with E-state index in [-0.39, 0.29) is 31.7 Å². The molecule has 2 heterocycles. The smallest absolute Gasteiger partial charge is 0.251 e. The summed E-state index contributed by atoms with van der Waals surface area (Å²) in [6, 6.07) is -2.61. The van der Waals surface area contributed by atoms with Crippen molar-refractivity contribution in [3.05, 3.63) is 0 Å². The Hall–Kier alpha value is -1.17. The van der Waals surface area contributed by atoms with Gasteiger partial charge >= 0.3 is 0 Å². The highest BCUT2D eigenvalue weighted by Gasteiger charge is 2.51. The molecule has 18 nitrogen and oxygen atoms in total. The van der Waals surface area contributed by atoms with Crippen LogP contribution >= 0.6 is 0 Å². The Balaban J connectivity index is 1.75. The summed E-state index contributed by atoms with van der Waals surface area (Å²) in [4.78, 5) is 12.9. The molecule has 3 aliphatic rings. The quantitative estimate of drug-likeness (QED) is 0.0763. The molecule has 3 fully saturated rings. The van der Waals surface area contributed by atoms with Crippen LogP contribution in [0.15, 0.2) is 0 Å². The van der Waals surface area contributed by atoms with Crippen LogP contribution in [0, 0.1) is 11.8 Å². The molecule has 47 heavy (non-hydrogen) atoms. The van der Waals surface area contributed by atoms with Crippen molar-refractivity contribution in [1.29, 1.82) is 0 Å². The van der Waals surface area contributed by atoms with Crippen molar-refractivity contribution in [2.24, 2.45) is 29.0 Å². The topological polar surface area (TPSA) is 318 Å². The van der Waals surface area contributed by atoms with E-state index < -0.39 is 104 Å². The first kappa shape index (κ1) is 40.3. The van der Waals surface area contributed by atoms with Crippen LogP contribution in [0.4, 0.5) is 0 Å². The summed E-state index contributed by atoms with van der Waals surface area (Å²) in [5.41, 5.74) is 16.7. The minimum absolute atomic E-state index is 0.0749. The van der Waals surface area contributed by atoms with Crippen molar-refractivity contribution in [3.63, 3.8) is 0 Å². The number of rotatable bonds is 15. The first-order valence-corrected chi connectivity index (χ1v) is 16.2. The molecule has 0 bridgehead atoms. The van der Waals surface area contributed by atoms with E-state index >= 15 is 0 Å². The van der Waals surface area contributed by atoms with Crippen molar-refractivity contribution >= 4 is 5.91 Å². The number of aliphatic hydroxyl groups is 8. The molecule has 1 amide bonds. The number of aliphatic hydroxyl groups excluding tert-OH is 7. The zero-order chi connectivity index (χ0) is 35.2. The Bertz CT molecular complexity index is 971. The second kappa shape index (κ2) is 17.7. The highest BCUT2D eigenvalue weighted by Crippen LogP contribution is 2.34. The number of ether oxygens (including phenoxy) is 4. The molecule has 17 atom stereocenters. The molecule has 18 heteroatoms. The van der Waals surface area contributed by atoms with E-state index in [1.54, 1.807) is 13.8 Å². The largest absolute Gasteiger partial charge is 0.394 e. The number of nitrogens with two attached hydrogens (primary N) is 3. The third kappa shape index (κ3) is 10.2. The van der Waals surface area contributed by atoms with Gasteiger partial charge in [0.15, 0.2) is 18.7 Å². The number of amides is 1. The highest BCUT2D eigenvalue weighted by atomic mass is 16.7. The average Bonchev–Trinajstić information content (AvgIpc) is 3.04. The average molecular weight is 684 g/mol. The van der Waals surface area contributed by atoms with Crippen molar-refractivity contribution in [2.75, 3.05) is 32.8 Å². The SMILES string of the molecule is CC(CNC[C@@H]1CCC(N)[C@@H](OC2C(O)C(O[C@H]3OCC(C)(O)[C@H](C)C3O)[C@H](NC(=O)[C@@H](O)[C@@H](O)[C@@H](O)CN)C[C@@H]2N)O1)C(O)CO. The fourth-order valence-electron chi connectivity index (χ4n) is 5.97. The Labute approximate surface area is 274 Å². The van der Waals surface area contributed by atoms with Gasteiger partial charge in [-0.05, 0) is 32.1 Å². The predicted octanol–water partition coefficient (Wildman–Crippen LogP) is -6.11. The lowest BCUT2D eigenvalue weighted by molar-refractivity contribution is -0.314. The van der Waals surface area contributed by atoms with Gasteiger partial charge in [0.25, 0.3) is 5.91 Å². The van der Waals surface area contributed by atoms with Crippen LogP contribution in [0.2, 0.25) is 0 Å². The highest BCUT2D eigenvalue weighted by molar-refractivity contribution is 5.81. The maximum atomic E-state index is 12.9. The van der Waals surface area contributed by atoms with E-state index in [0.29, 0.717) is 25.9 Å². The molecule has 276 valence electrons. The zero-order valence-electron chi connectivity index (χ0n) is 27.2. The standard InChI is InChI=1S/C29H57N5O13/c1-12(19(37)10-35)8-33-9-14-4-5-15(31)27(45-14)46-24-16(32)6-17(34-26(42)22(40)21(39)18(36)7-30)25(23(24)41)47-28-20(38)13(2)29(3,43)11-44-28/h12-25,27-28,33,35-41,43H,4-11,30-32H2,1-3H3,(H,34,42)/t12?,13-,14+,15?,16+,17-,18+,19?,20?,21+,22+,23?,24?,25?,27-,28-,29?/m1/s1. The minimum Gasteiger partial charge on any atom is -0.394 e. The lowest BCUT2D eigenvalue weighted by Crippen LogP contribution is -2.68. The summed E-state index contributed by atoms with van der Waals surface area (Å²) in [6.45, 7) is 4.76. The van der Waals surface area contributed by atoms with Gasteiger partial charge < -0.3 is 87.6 Å². The van der Waals surface area contributed by atoms with Gasteiger partial charge in [-0.15, -0.1) is 0 Å². The molecule has 1 saturated carbocycles. The van der Waals surface area contributed by atoms with Crippen LogP contribution in [0.25, 0.3) is 0 Å². The molecular weight excluding hydrogens is 626 g/mol. The van der Waals surface area contributed by atoms with Crippen LogP contribution in [0.1, 0.15) is 40.0 Å². The molecule has 0 radical (unpaired) electrons. The monoisotopic (exact) mass is 683 g/mol. The third-order valence-electron chi connectivity index (χ3n) is 9.65. The summed E-state index contributed by atoms with van der Waals surface area (Å²) in [5.74, 6) is -2.00. The number of hydrogen-bond donors (Lipinski definition) is 13. The van der Waals surface area contributed by atoms with E-state index in [2.05, 4.69) is 10.6 Å². The van der Waals surface area contributed by atoms with Crippen LogP contribution in [-0.4, -0.2) is 171 Å². The van der Waals surface area contributed by atoms with Gasteiger partial charge in [0, 0.05) is 31.6 Å². The summed E-state index contributed by atoms with van der Waals surface area (Å²) in [7, 11) is 0. The molecule has 0 aromatic carbocycles. The predicted molar refractivity (Wildman–Crippen MR) is 164 cm³/mol. The maximum absolute atomic E-state index is 12.9. The minimum atomic E-state index is -2.09. The molecule has 0 spiro atoms. The molecule has 2 saturated heterocycles. The number of nitrogens with one attached hydrogen (secondary N) is 2. The van der Waals surface area contributed by atoms with Gasteiger partial charge in [-0.25, -0.2) is 0 Å². The zero-order valence-corrected chi connectivity index (χ0v) is 27.2. The number of carbonyl (C=O) groups excluding carboxylic acids is 1. The van der Waals surface area contributed by atoms with E-state index in [1.165, 1.54) is 6.92 Å². The van der Waals surface area contributed by atoms with Crippen LogP contribution in [0.5, 0.6) is 0 Å².